The van der Waals surface area contributed by atoms with Crippen molar-refractivity contribution in [3.63, 3.8) is 0 Å². The predicted molar refractivity (Wildman–Crippen MR) is 139 cm³/mol. The summed E-state index contributed by atoms with van der Waals surface area (Å²) in [5, 5.41) is 15.6. The van der Waals surface area contributed by atoms with Crippen molar-refractivity contribution in [3.05, 3.63) is 64.9 Å². The highest BCUT2D eigenvalue weighted by atomic mass is 35.5. The molecule has 186 valence electrons. The van der Waals surface area contributed by atoms with E-state index in [1.54, 1.807) is 43.5 Å². The molecule has 0 radical (unpaired) electrons. The van der Waals surface area contributed by atoms with Gasteiger partial charge in [0.25, 0.3) is 5.91 Å². The molecule has 10 heteroatoms. The van der Waals surface area contributed by atoms with Gasteiger partial charge in [-0.25, -0.2) is 0 Å². The number of thioether (sulfide) groups is 1. The summed E-state index contributed by atoms with van der Waals surface area (Å²) in [6.07, 6.45) is 0.674. The molecular weight excluding hydrogens is 486 g/mol. The zero-order chi connectivity index (χ0) is 25.4. The Morgan fingerprint density at radius 2 is 1.83 bits per heavy atom. The molecule has 2 amide bonds. The third-order valence-corrected chi connectivity index (χ3v) is 6.51. The lowest BCUT2D eigenvalue weighted by molar-refractivity contribution is -0.113. The Kier molecular flexibility index (Phi) is 9.56. The first kappa shape index (κ1) is 26.6. The smallest absolute Gasteiger partial charge is 0.253 e. The van der Waals surface area contributed by atoms with E-state index in [-0.39, 0.29) is 23.6 Å². The van der Waals surface area contributed by atoms with Crippen LogP contribution in [-0.4, -0.2) is 39.4 Å². The fourth-order valence-electron chi connectivity index (χ4n) is 3.61. The molecule has 0 saturated carbocycles. The number of hydrogen-bond acceptors (Lipinski definition) is 6. The van der Waals surface area contributed by atoms with E-state index in [4.69, 9.17) is 16.3 Å². The molecule has 35 heavy (non-hydrogen) atoms. The second-order valence-electron chi connectivity index (χ2n) is 8.26. The van der Waals surface area contributed by atoms with Crippen molar-refractivity contribution in [1.29, 1.82) is 0 Å². The molecule has 0 bridgehead atoms. The number of halogens is 1. The summed E-state index contributed by atoms with van der Waals surface area (Å²) >= 11 is 7.51. The molecule has 3 rings (SSSR count). The Morgan fingerprint density at radius 1 is 1.11 bits per heavy atom. The first-order chi connectivity index (χ1) is 16.8. The van der Waals surface area contributed by atoms with E-state index in [0.717, 1.165) is 0 Å². The molecule has 3 aromatic rings. The number of aromatic nitrogens is 3. The third kappa shape index (κ3) is 6.99. The van der Waals surface area contributed by atoms with Crippen LogP contribution in [0.25, 0.3) is 0 Å². The van der Waals surface area contributed by atoms with Gasteiger partial charge in [-0.3, -0.25) is 9.59 Å². The minimum atomic E-state index is -0.358. The van der Waals surface area contributed by atoms with Gasteiger partial charge >= 0.3 is 0 Å². The van der Waals surface area contributed by atoms with Crippen molar-refractivity contribution in [3.8, 4) is 5.75 Å². The van der Waals surface area contributed by atoms with Crippen LogP contribution < -0.4 is 15.4 Å². The van der Waals surface area contributed by atoms with Gasteiger partial charge < -0.3 is 19.9 Å². The lowest BCUT2D eigenvalue weighted by Gasteiger charge is -2.21. The predicted octanol–water partition coefficient (Wildman–Crippen LogP) is 5.21. The van der Waals surface area contributed by atoms with Gasteiger partial charge in [-0.05, 0) is 43.5 Å². The number of benzene rings is 2. The van der Waals surface area contributed by atoms with E-state index in [2.05, 4.69) is 34.7 Å². The van der Waals surface area contributed by atoms with Crippen LogP contribution in [0, 0.1) is 5.92 Å². The molecule has 1 atom stereocenters. The molecule has 8 nitrogen and oxygen atoms in total. The molecule has 2 N–H and O–H groups in total. The van der Waals surface area contributed by atoms with Crippen molar-refractivity contribution in [1.82, 2.24) is 20.1 Å². The molecule has 0 saturated heterocycles. The van der Waals surface area contributed by atoms with E-state index in [9.17, 15) is 9.59 Å². The number of nitrogens with zero attached hydrogens (tertiary/aromatic N) is 3. The number of hydrogen-bond donors (Lipinski definition) is 2. The second kappa shape index (κ2) is 12.6. The van der Waals surface area contributed by atoms with Gasteiger partial charge in [0.15, 0.2) is 11.0 Å². The van der Waals surface area contributed by atoms with Crippen LogP contribution in [0.5, 0.6) is 5.75 Å². The van der Waals surface area contributed by atoms with Gasteiger partial charge in [0.05, 0.1) is 35.2 Å². The van der Waals surface area contributed by atoms with Crippen LogP contribution in [0.1, 0.15) is 49.4 Å². The summed E-state index contributed by atoms with van der Waals surface area (Å²) in [6.45, 7) is 6.74. The van der Waals surface area contributed by atoms with Crippen molar-refractivity contribution >= 4 is 40.9 Å². The van der Waals surface area contributed by atoms with Crippen molar-refractivity contribution < 1.29 is 14.3 Å². The Morgan fingerprint density at radius 3 is 2.51 bits per heavy atom. The minimum Gasteiger partial charge on any atom is -0.495 e. The number of nitrogens with one attached hydrogen (secondary N) is 2. The number of amides is 2. The quantitative estimate of drug-likeness (QED) is 0.340. The summed E-state index contributed by atoms with van der Waals surface area (Å²) in [5.41, 5.74) is 1.02. The molecule has 1 heterocycles. The molecule has 1 aromatic heterocycles. The number of para-hydroxylation sites is 2. The van der Waals surface area contributed by atoms with E-state index in [1.165, 1.54) is 11.8 Å². The summed E-state index contributed by atoms with van der Waals surface area (Å²) in [6, 6.07) is 13.8. The Hall–Kier alpha value is -3.04. The maximum absolute atomic E-state index is 13.0. The topological polar surface area (TPSA) is 98.1 Å². The highest BCUT2D eigenvalue weighted by molar-refractivity contribution is 7.99. The average molecular weight is 516 g/mol. The molecule has 0 aliphatic heterocycles. The Balaban J connectivity index is 1.74. The second-order valence-corrected chi connectivity index (χ2v) is 9.61. The number of carbonyl (C=O) groups excluding carboxylic acids is 2. The van der Waals surface area contributed by atoms with Crippen molar-refractivity contribution in [2.45, 2.75) is 44.9 Å². The third-order valence-electron chi connectivity index (χ3n) is 5.22. The normalized spacial score (nSPS) is 11.8. The fourth-order valence-corrected chi connectivity index (χ4v) is 4.64. The van der Waals surface area contributed by atoms with Crippen LogP contribution in [0.4, 0.5) is 5.69 Å². The molecule has 0 aliphatic rings. The Bertz CT molecular complexity index is 1170. The first-order valence-corrected chi connectivity index (χ1v) is 12.7. The van der Waals surface area contributed by atoms with Crippen LogP contribution in [0.15, 0.2) is 53.7 Å². The lowest BCUT2D eigenvalue weighted by atomic mass is 10.0. The van der Waals surface area contributed by atoms with Crippen LogP contribution in [0.3, 0.4) is 0 Å². The summed E-state index contributed by atoms with van der Waals surface area (Å²) in [7, 11) is 1.56. The van der Waals surface area contributed by atoms with Crippen molar-refractivity contribution in [2.24, 2.45) is 5.92 Å². The number of anilines is 1. The van der Waals surface area contributed by atoms with E-state index >= 15 is 0 Å². The maximum atomic E-state index is 13.0. The molecule has 0 spiro atoms. The molecular formula is C25H30ClN5O3S. The van der Waals surface area contributed by atoms with Crippen LogP contribution in [-0.2, 0) is 11.3 Å². The number of carbonyl (C=O) groups is 2. The van der Waals surface area contributed by atoms with Gasteiger partial charge in [-0.2, -0.15) is 0 Å². The van der Waals surface area contributed by atoms with E-state index < -0.39 is 0 Å². The van der Waals surface area contributed by atoms with Gasteiger partial charge in [0, 0.05) is 6.54 Å². The average Bonchev–Trinajstić information content (AvgIpc) is 3.25. The van der Waals surface area contributed by atoms with Crippen LogP contribution in [0.2, 0.25) is 5.02 Å². The zero-order valence-electron chi connectivity index (χ0n) is 20.2. The van der Waals surface area contributed by atoms with Gasteiger partial charge in [0.1, 0.15) is 5.75 Å². The monoisotopic (exact) mass is 515 g/mol. The highest BCUT2D eigenvalue weighted by Crippen LogP contribution is 2.27. The van der Waals surface area contributed by atoms with Gasteiger partial charge in [0.2, 0.25) is 5.91 Å². The van der Waals surface area contributed by atoms with E-state index in [1.807, 2.05) is 23.6 Å². The van der Waals surface area contributed by atoms with E-state index in [0.29, 0.717) is 51.9 Å². The number of methoxy groups -OCH3 is 1. The highest BCUT2D eigenvalue weighted by Gasteiger charge is 2.25. The summed E-state index contributed by atoms with van der Waals surface area (Å²) in [4.78, 5) is 25.5. The lowest BCUT2D eigenvalue weighted by Crippen LogP contribution is -2.31. The summed E-state index contributed by atoms with van der Waals surface area (Å²) in [5.74, 6) is 1.24. The Labute approximate surface area is 214 Å². The molecule has 0 unspecified atom stereocenters. The number of ether oxygens (including phenoxy) is 1. The maximum Gasteiger partial charge on any atom is 0.253 e. The fraction of sp³-hybridized carbons (Fsp3) is 0.360. The van der Waals surface area contributed by atoms with Gasteiger partial charge in [-0.15, -0.1) is 10.2 Å². The number of rotatable bonds is 11. The minimum absolute atomic E-state index is 0.150. The first-order valence-electron chi connectivity index (χ1n) is 11.4. The molecule has 0 aliphatic carbocycles. The zero-order valence-corrected chi connectivity index (χ0v) is 21.8. The molecule has 0 fully saturated rings. The van der Waals surface area contributed by atoms with Gasteiger partial charge in [-0.1, -0.05) is 61.5 Å². The largest absolute Gasteiger partial charge is 0.495 e. The summed E-state index contributed by atoms with van der Waals surface area (Å²) < 4.78 is 7.22. The SMILES string of the molecule is CCn1c(SCC(=O)Nc2ccccc2OC)nnc1[C@@H](CC(C)C)NC(=O)c1ccccc1Cl. The standard InChI is InChI=1S/C25H30ClN5O3S/c1-5-31-23(20(14-16(2)3)28-24(33)17-10-6-7-11-18(17)26)29-30-25(31)35-15-22(32)27-19-12-8-9-13-21(19)34-4/h6-13,16,20H,5,14-15H2,1-4H3,(H,27,32)(H,28,33)/t20-/m1/s1. The molecule has 2 aromatic carbocycles. The van der Waals surface area contributed by atoms with Crippen molar-refractivity contribution in [2.75, 3.05) is 18.2 Å². The van der Waals surface area contributed by atoms with Crippen LogP contribution >= 0.6 is 23.4 Å².